The number of thioether (sulfide) groups is 1. The molecule has 0 unspecified atom stereocenters. The molecule has 0 aliphatic carbocycles. The van der Waals surface area contributed by atoms with Crippen molar-refractivity contribution >= 4 is 21.8 Å². The number of rotatable bonds is 8. The van der Waals surface area contributed by atoms with E-state index in [-0.39, 0.29) is 5.75 Å². The first-order chi connectivity index (χ1) is 6.12. The average molecular weight is 226 g/mol. The highest BCUT2D eigenvalue weighted by Gasteiger charge is 2.07. The molecule has 0 heterocycles. The molecule has 2 N–H and O–H groups in total. The molecule has 0 aliphatic rings. The van der Waals surface area contributed by atoms with Gasteiger partial charge >= 0.3 is 0 Å². The molecule has 0 aromatic rings. The van der Waals surface area contributed by atoms with Crippen molar-refractivity contribution < 1.29 is 8.42 Å². The fourth-order valence-electron chi connectivity index (χ4n) is 0.755. The minimum absolute atomic E-state index is 0.162. The SMILES string of the molecule is CCNCCS(=O)(=O)NCCSC. The van der Waals surface area contributed by atoms with Crippen molar-refractivity contribution in [3.05, 3.63) is 0 Å². The lowest BCUT2D eigenvalue weighted by Crippen LogP contribution is -2.33. The molecule has 0 saturated carbocycles. The van der Waals surface area contributed by atoms with E-state index >= 15 is 0 Å². The van der Waals surface area contributed by atoms with Gasteiger partial charge in [-0.25, -0.2) is 13.1 Å². The summed E-state index contributed by atoms with van der Waals surface area (Å²) in [6.07, 6.45) is 1.95. The van der Waals surface area contributed by atoms with Crippen molar-refractivity contribution in [2.24, 2.45) is 0 Å². The second-order valence-corrected chi connectivity index (χ2v) is 5.47. The molecule has 0 rings (SSSR count). The molecule has 0 aromatic heterocycles. The Kier molecular flexibility index (Phi) is 7.74. The topological polar surface area (TPSA) is 58.2 Å². The number of sulfonamides is 1. The van der Waals surface area contributed by atoms with Gasteiger partial charge in [0.15, 0.2) is 0 Å². The fraction of sp³-hybridized carbons (Fsp3) is 1.00. The van der Waals surface area contributed by atoms with Crippen molar-refractivity contribution in [2.75, 3.05) is 37.4 Å². The van der Waals surface area contributed by atoms with E-state index in [1.165, 1.54) is 0 Å². The van der Waals surface area contributed by atoms with Gasteiger partial charge in [0, 0.05) is 18.8 Å². The molecule has 0 aromatic carbocycles. The summed E-state index contributed by atoms with van der Waals surface area (Å²) in [5, 5.41) is 2.97. The normalized spacial score (nSPS) is 11.8. The van der Waals surface area contributed by atoms with Crippen LogP contribution in [-0.4, -0.2) is 45.8 Å². The van der Waals surface area contributed by atoms with Crippen LogP contribution >= 0.6 is 11.8 Å². The molecular weight excluding hydrogens is 208 g/mol. The molecule has 0 saturated heterocycles. The molecule has 0 aliphatic heterocycles. The van der Waals surface area contributed by atoms with E-state index in [9.17, 15) is 8.42 Å². The smallest absolute Gasteiger partial charge is 0.212 e. The molecule has 0 amide bonds. The van der Waals surface area contributed by atoms with E-state index in [0.717, 1.165) is 12.3 Å². The minimum atomic E-state index is -3.05. The van der Waals surface area contributed by atoms with Crippen LogP contribution in [0.15, 0.2) is 0 Å². The summed E-state index contributed by atoms with van der Waals surface area (Å²) >= 11 is 1.63. The predicted molar refractivity (Wildman–Crippen MR) is 58.7 cm³/mol. The lowest BCUT2D eigenvalue weighted by molar-refractivity contribution is 0.580. The molecule has 4 nitrogen and oxygen atoms in total. The number of hydrogen-bond donors (Lipinski definition) is 2. The van der Waals surface area contributed by atoms with Crippen LogP contribution < -0.4 is 10.0 Å². The molecule has 0 spiro atoms. The Morgan fingerprint density at radius 2 is 2.00 bits per heavy atom. The van der Waals surface area contributed by atoms with Crippen molar-refractivity contribution in [3.63, 3.8) is 0 Å². The van der Waals surface area contributed by atoms with Crippen LogP contribution in [0.1, 0.15) is 6.92 Å². The standard InChI is InChI=1S/C7H18N2O2S2/c1-3-8-5-7-13(10,11)9-4-6-12-2/h8-9H,3-7H2,1-2H3. The summed E-state index contributed by atoms with van der Waals surface area (Å²) < 4.78 is 25.0. The summed E-state index contributed by atoms with van der Waals surface area (Å²) in [5.41, 5.74) is 0. The van der Waals surface area contributed by atoms with Gasteiger partial charge in [0.25, 0.3) is 0 Å². The Morgan fingerprint density at radius 1 is 1.31 bits per heavy atom. The van der Waals surface area contributed by atoms with E-state index < -0.39 is 10.0 Å². The van der Waals surface area contributed by atoms with Gasteiger partial charge in [0.05, 0.1) is 5.75 Å². The van der Waals surface area contributed by atoms with Gasteiger partial charge in [-0.15, -0.1) is 0 Å². The van der Waals surface area contributed by atoms with E-state index in [1.54, 1.807) is 11.8 Å². The highest BCUT2D eigenvalue weighted by Crippen LogP contribution is 1.89. The number of hydrogen-bond acceptors (Lipinski definition) is 4. The summed E-state index contributed by atoms with van der Waals surface area (Å²) in [4.78, 5) is 0. The maximum atomic E-state index is 11.2. The maximum absolute atomic E-state index is 11.2. The van der Waals surface area contributed by atoms with Crippen LogP contribution in [-0.2, 0) is 10.0 Å². The largest absolute Gasteiger partial charge is 0.316 e. The first-order valence-electron chi connectivity index (χ1n) is 4.29. The zero-order chi connectivity index (χ0) is 10.2. The highest BCUT2D eigenvalue weighted by molar-refractivity contribution is 7.98. The third-order valence-corrected chi connectivity index (χ3v) is 3.42. The Hall–Kier alpha value is 0.220. The second-order valence-electron chi connectivity index (χ2n) is 2.56. The number of nitrogens with one attached hydrogen (secondary N) is 2. The minimum Gasteiger partial charge on any atom is -0.316 e. The van der Waals surface area contributed by atoms with Crippen LogP contribution in [0.3, 0.4) is 0 Å². The average Bonchev–Trinajstić information content (AvgIpc) is 2.05. The van der Waals surface area contributed by atoms with Crippen molar-refractivity contribution in [1.29, 1.82) is 0 Å². The van der Waals surface area contributed by atoms with Crippen molar-refractivity contribution in [1.82, 2.24) is 10.0 Å². The molecule has 6 heteroatoms. The Balaban J connectivity index is 3.55. The Bertz CT molecular complexity index is 189. The lowest BCUT2D eigenvalue weighted by Gasteiger charge is -2.05. The first-order valence-corrected chi connectivity index (χ1v) is 7.34. The monoisotopic (exact) mass is 226 g/mol. The van der Waals surface area contributed by atoms with Crippen molar-refractivity contribution in [3.8, 4) is 0 Å². The molecular formula is C7H18N2O2S2. The summed E-state index contributed by atoms with van der Waals surface area (Å²) in [6.45, 7) is 3.80. The zero-order valence-electron chi connectivity index (χ0n) is 8.17. The molecule has 0 atom stereocenters. The first kappa shape index (κ1) is 13.2. The molecule has 13 heavy (non-hydrogen) atoms. The van der Waals surface area contributed by atoms with E-state index in [0.29, 0.717) is 13.1 Å². The van der Waals surface area contributed by atoms with Crippen LogP contribution in [0.2, 0.25) is 0 Å². The van der Waals surface area contributed by atoms with E-state index in [1.807, 2.05) is 13.2 Å². The van der Waals surface area contributed by atoms with Gasteiger partial charge < -0.3 is 5.32 Å². The lowest BCUT2D eigenvalue weighted by atomic mass is 10.7. The molecule has 80 valence electrons. The summed E-state index contributed by atoms with van der Waals surface area (Å²) in [7, 11) is -3.05. The maximum Gasteiger partial charge on any atom is 0.212 e. The van der Waals surface area contributed by atoms with Gasteiger partial charge in [-0.05, 0) is 12.8 Å². The summed E-state index contributed by atoms with van der Waals surface area (Å²) in [5.74, 6) is 0.982. The Labute approximate surface area is 84.9 Å². The second kappa shape index (κ2) is 7.61. The quantitative estimate of drug-likeness (QED) is 0.567. The Morgan fingerprint density at radius 3 is 2.54 bits per heavy atom. The van der Waals surface area contributed by atoms with Gasteiger partial charge in [-0.3, -0.25) is 0 Å². The van der Waals surface area contributed by atoms with E-state index in [2.05, 4.69) is 10.0 Å². The fourth-order valence-corrected chi connectivity index (χ4v) is 2.16. The third kappa shape index (κ3) is 8.55. The molecule has 0 fully saturated rings. The van der Waals surface area contributed by atoms with Gasteiger partial charge in [0.1, 0.15) is 0 Å². The van der Waals surface area contributed by atoms with Crippen LogP contribution in [0.4, 0.5) is 0 Å². The van der Waals surface area contributed by atoms with E-state index in [4.69, 9.17) is 0 Å². The van der Waals surface area contributed by atoms with Gasteiger partial charge in [-0.1, -0.05) is 6.92 Å². The van der Waals surface area contributed by atoms with Crippen LogP contribution in [0, 0.1) is 0 Å². The predicted octanol–water partition coefficient (Wildman–Crippen LogP) is -0.122. The van der Waals surface area contributed by atoms with Crippen LogP contribution in [0.25, 0.3) is 0 Å². The highest BCUT2D eigenvalue weighted by atomic mass is 32.2. The molecule has 0 bridgehead atoms. The third-order valence-electron chi connectivity index (χ3n) is 1.43. The van der Waals surface area contributed by atoms with Gasteiger partial charge in [-0.2, -0.15) is 11.8 Å². The van der Waals surface area contributed by atoms with Crippen molar-refractivity contribution in [2.45, 2.75) is 6.92 Å². The van der Waals surface area contributed by atoms with Gasteiger partial charge in [0.2, 0.25) is 10.0 Å². The zero-order valence-corrected chi connectivity index (χ0v) is 9.80. The molecule has 0 radical (unpaired) electrons. The summed E-state index contributed by atoms with van der Waals surface area (Å²) in [6, 6.07) is 0. The van der Waals surface area contributed by atoms with Crippen LogP contribution in [0.5, 0.6) is 0 Å².